The normalized spacial score (nSPS) is 16.3. The van der Waals surface area contributed by atoms with Gasteiger partial charge in [0.15, 0.2) is 9.84 Å². The zero-order chi connectivity index (χ0) is 18.9. The van der Waals surface area contributed by atoms with Crippen LogP contribution in [0.25, 0.3) is 17.0 Å². The third kappa shape index (κ3) is 3.79. The minimum atomic E-state index is -3.48. The van der Waals surface area contributed by atoms with Gasteiger partial charge >= 0.3 is 0 Å². The number of carbonyl (C=O) groups excluding carboxylic acids is 1. The Kier molecular flexibility index (Phi) is 5.40. The second-order valence-corrected chi connectivity index (χ2v) is 9.96. The fourth-order valence-corrected chi connectivity index (χ4v) is 5.13. The van der Waals surface area contributed by atoms with Crippen LogP contribution in [0.15, 0.2) is 39.2 Å². The van der Waals surface area contributed by atoms with Crippen LogP contribution in [0.3, 0.4) is 0 Å². The molecule has 0 radical (unpaired) electrons. The maximum Gasteiger partial charge on any atom is 0.285 e. The van der Waals surface area contributed by atoms with Crippen molar-refractivity contribution in [3.63, 3.8) is 0 Å². The van der Waals surface area contributed by atoms with Gasteiger partial charge in [0.05, 0.1) is 23.7 Å². The van der Waals surface area contributed by atoms with Gasteiger partial charge in [-0.3, -0.25) is 9.78 Å². The van der Waals surface area contributed by atoms with Crippen molar-refractivity contribution >= 4 is 60.6 Å². The molecule has 0 aliphatic carbocycles. The van der Waals surface area contributed by atoms with E-state index in [4.69, 9.17) is 4.74 Å². The van der Waals surface area contributed by atoms with Crippen LogP contribution < -0.4 is 4.74 Å². The molecule has 1 amide bonds. The lowest BCUT2D eigenvalue weighted by atomic mass is 10.1. The Morgan fingerprint density at radius 3 is 2.77 bits per heavy atom. The van der Waals surface area contributed by atoms with E-state index in [1.54, 1.807) is 18.2 Å². The van der Waals surface area contributed by atoms with E-state index in [-0.39, 0.29) is 16.6 Å². The molecule has 1 aromatic heterocycles. The van der Waals surface area contributed by atoms with Crippen molar-refractivity contribution in [1.29, 1.82) is 0 Å². The molecule has 9 heteroatoms. The van der Waals surface area contributed by atoms with Crippen LogP contribution in [0.1, 0.15) is 12.5 Å². The number of aliphatic imine (C=N–C) groups is 1. The van der Waals surface area contributed by atoms with Crippen molar-refractivity contribution in [1.82, 2.24) is 4.98 Å². The van der Waals surface area contributed by atoms with Crippen LogP contribution in [0.5, 0.6) is 5.75 Å². The first kappa shape index (κ1) is 18.9. The van der Waals surface area contributed by atoms with Gasteiger partial charge in [-0.2, -0.15) is 4.99 Å². The predicted molar refractivity (Wildman–Crippen MR) is 108 cm³/mol. The second kappa shape index (κ2) is 7.42. The Labute approximate surface area is 160 Å². The van der Waals surface area contributed by atoms with Gasteiger partial charge in [0, 0.05) is 11.6 Å². The molecule has 0 atom stereocenters. The number of benzene rings is 1. The van der Waals surface area contributed by atoms with Crippen LogP contribution in [-0.4, -0.2) is 42.8 Å². The Bertz CT molecular complexity index is 1060. The summed E-state index contributed by atoms with van der Waals surface area (Å²) in [6.45, 7) is 2.00. The second-order valence-electron chi connectivity index (χ2n) is 5.43. The quantitative estimate of drug-likeness (QED) is 0.717. The molecule has 0 saturated heterocycles. The number of carbonyl (C=O) groups is 1. The number of thioether (sulfide) groups is 2. The van der Waals surface area contributed by atoms with E-state index < -0.39 is 9.84 Å². The van der Waals surface area contributed by atoms with Gasteiger partial charge in [-0.25, -0.2) is 8.42 Å². The number of fused-ring (bicyclic) bond motifs is 1. The van der Waals surface area contributed by atoms with Gasteiger partial charge in [0.1, 0.15) is 15.0 Å². The van der Waals surface area contributed by atoms with Gasteiger partial charge in [0.25, 0.3) is 5.91 Å². The number of hydrogen-bond acceptors (Lipinski definition) is 7. The van der Waals surface area contributed by atoms with E-state index in [9.17, 15) is 13.2 Å². The molecule has 0 N–H and O–H groups in total. The SMILES string of the molecule is CCSC1=NC(=O)C(=Cc2ccc3ncc(S(C)(=O)=O)c(OC)c3c2)S1. The number of rotatable bonds is 4. The van der Waals surface area contributed by atoms with Crippen LogP contribution in [0.2, 0.25) is 0 Å². The molecule has 0 unspecified atom stereocenters. The summed E-state index contributed by atoms with van der Waals surface area (Å²) >= 11 is 2.87. The molecule has 1 aliphatic rings. The van der Waals surface area contributed by atoms with Gasteiger partial charge < -0.3 is 4.74 Å². The monoisotopic (exact) mass is 408 g/mol. The summed E-state index contributed by atoms with van der Waals surface area (Å²) in [5, 5.41) is 0.573. The molecular weight excluding hydrogens is 392 g/mol. The molecule has 2 heterocycles. The molecule has 0 spiro atoms. The highest BCUT2D eigenvalue weighted by Crippen LogP contribution is 2.35. The highest BCUT2D eigenvalue weighted by Gasteiger charge is 2.22. The molecule has 0 saturated carbocycles. The predicted octanol–water partition coefficient (Wildman–Crippen LogP) is 3.37. The highest BCUT2D eigenvalue weighted by molar-refractivity contribution is 8.41. The van der Waals surface area contributed by atoms with Gasteiger partial charge in [-0.1, -0.05) is 36.5 Å². The van der Waals surface area contributed by atoms with Crippen molar-refractivity contribution in [2.75, 3.05) is 19.1 Å². The molecule has 2 aromatic rings. The Morgan fingerprint density at radius 2 is 2.12 bits per heavy atom. The molecule has 6 nitrogen and oxygen atoms in total. The Hall–Kier alpha value is -1.84. The standard InChI is InChI=1S/C17H16N2O4S3/c1-4-24-17-19-16(20)13(25-17)8-10-5-6-12-11(7-10)15(23-2)14(9-18-12)26(3,21)22/h5-9H,4H2,1-3H3. The topological polar surface area (TPSA) is 85.7 Å². The van der Waals surface area contributed by atoms with Crippen LogP contribution in [0, 0.1) is 0 Å². The van der Waals surface area contributed by atoms with Crippen LogP contribution in [0.4, 0.5) is 0 Å². The number of sulfone groups is 1. The highest BCUT2D eigenvalue weighted by atomic mass is 32.2. The average molecular weight is 409 g/mol. The van der Waals surface area contributed by atoms with Crippen LogP contribution >= 0.6 is 23.5 Å². The maximum absolute atomic E-state index is 12.0. The summed E-state index contributed by atoms with van der Waals surface area (Å²) in [5.74, 6) is 0.835. The van der Waals surface area contributed by atoms with Crippen molar-refractivity contribution in [3.05, 3.63) is 34.9 Å². The number of hydrogen-bond donors (Lipinski definition) is 0. The Morgan fingerprint density at radius 1 is 1.35 bits per heavy atom. The van der Waals surface area contributed by atoms with E-state index in [2.05, 4.69) is 9.98 Å². The molecule has 0 bridgehead atoms. The van der Waals surface area contributed by atoms with Crippen molar-refractivity contribution < 1.29 is 17.9 Å². The van der Waals surface area contributed by atoms with Crippen LogP contribution in [-0.2, 0) is 14.6 Å². The molecule has 0 fully saturated rings. The minimum absolute atomic E-state index is 0.0357. The molecule has 1 aliphatic heterocycles. The summed E-state index contributed by atoms with van der Waals surface area (Å²) < 4.78 is 30.0. The zero-order valence-electron chi connectivity index (χ0n) is 14.3. The molecule has 3 rings (SSSR count). The number of methoxy groups -OCH3 is 1. The van der Waals surface area contributed by atoms with E-state index in [1.165, 1.54) is 36.8 Å². The molecule has 136 valence electrons. The number of aromatic nitrogens is 1. The van der Waals surface area contributed by atoms with E-state index >= 15 is 0 Å². The van der Waals surface area contributed by atoms with Crippen molar-refractivity contribution in [2.24, 2.45) is 4.99 Å². The maximum atomic E-state index is 12.0. The van der Waals surface area contributed by atoms with Gasteiger partial charge in [-0.05, 0) is 29.5 Å². The number of amides is 1. The zero-order valence-corrected chi connectivity index (χ0v) is 16.8. The number of nitrogens with zero attached hydrogens (tertiary/aromatic N) is 2. The lowest BCUT2D eigenvalue weighted by Gasteiger charge is -2.10. The first-order valence-corrected chi connectivity index (χ1v) is 11.3. The largest absolute Gasteiger partial charge is 0.495 e. The first-order valence-electron chi connectivity index (χ1n) is 7.65. The lowest BCUT2D eigenvalue weighted by Crippen LogP contribution is -2.02. The third-order valence-corrected chi connectivity index (χ3v) is 6.68. The first-order chi connectivity index (χ1) is 12.3. The lowest BCUT2D eigenvalue weighted by molar-refractivity contribution is -0.113. The Balaban J connectivity index is 2.07. The third-order valence-electron chi connectivity index (χ3n) is 3.58. The van der Waals surface area contributed by atoms with E-state index in [1.807, 2.05) is 13.0 Å². The van der Waals surface area contributed by atoms with Crippen molar-refractivity contribution in [2.45, 2.75) is 11.8 Å². The van der Waals surface area contributed by atoms with E-state index in [0.29, 0.717) is 15.8 Å². The number of pyridine rings is 1. The van der Waals surface area contributed by atoms with E-state index in [0.717, 1.165) is 21.9 Å². The molecule has 1 aromatic carbocycles. The summed E-state index contributed by atoms with van der Waals surface area (Å²) in [4.78, 5) is 20.8. The summed E-state index contributed by atoms with van der Waals surface area (Å²) in [6, 6.07) is 5.35. The smallest absolute Gasteiger partial charge is 0.285 e. The summed E-state index contributed by atoms with van der Waals surface area (Å²) in [6.07, 6.45) is 4.15. The number of ether oxygens (including phenoxy) is 1. The van der Waals surface area contributed by atoms with Gasteiger partial charge in [0.2, 0.25) is 0 Å². The van der Waals surface area contributed by atoms with Crippen molar-refractivity contribution in [3.8, 4) is 5.75 Å². The fourth-order valence-electron chi connectivity index (χ4n) is 2.46. The van der Waals surface area contributed by atoms with Gasteiger partial charge in [-0.15, -0.1) is 0 Å². The molecule has 26 heavy (non-hydrogen) atoms. The fraction of sp³-hybridized carbons (Fsp3) is 0.235. The minimum Gasteiger partial charge on any atom is -0.495 e. The average Bonchev–Trinajstić information content (AvgIpc) is 2.92. The summed E-state index contributed by atoms with van der Waals surface area (Å²) in [7, 11) is -2.05. The summed E-state index contributed by atoms with van der Waals surface area (Å²) in [5.41, 5.74) is 1.36. The molecular formula is C17H16N2O4S3.